The van der Waals surface area contributed by atoms with Gasteiger partial charge in [-0.25, -0.2) is 0 Å². The Balaban J connectivity index is 0.00000162. The van der Waals surface area contributed by atoms with Crippen LogP contribution in [0.2, 0.25) is 0 Å². The van der Waals surface area contributed by atoms with Crippen LogP contribution in [0.1, 0.15) is 36.1 Å². The van der Waals surface area contributed by atoms with Crippen molar-refractivity contribution < 1.29 is 0 Å². The Morgan fingerprint density at radius 2 is 1.63 bits per heavy atom. The van der Waals surface area contributed by atoms with Gasteiger partial charge in [0.1, 0.15) is 0 Å². The predicted molar refractivity (Wildman–Crippen MR) is 87.9 cm³/mol. The summed E-state index contributed by atoms with van der Waals surface area (Å²) in [6.07, 6.45) is 1.20. The van der Waals surface area contributed by atoms with E-state index in [0.29, 0.717) is 6.04 Å². The molecule has 0 bridgehead atoms. The Hall–Kier alpha value is -0.280. The summed E-state index contributed by atoms with van der Waals surface area (Å²) < 4.78 is 0. The molecule has 1 aliphatic heterocycles. The van der Waals surface area contributed by atoms with Gasteiger partial charge >= 0.3 is 0 Å². The number of aryl methyl sites for hydroxylation is 2. The molecule has 1 atom stereocenters. The second kappa shape index (κ2) is 8.80. The lowest BCUT2D eigenvalue weighted by atomic mass is 9.93. The molecule has 110 valence electrons. The van der Waals surface area contributed by atoms with Crippen LogP contribution in [-0.4, -0.2) is 31.1 Å². The molecule has 0 amide bonds. The van der Waals surface area contributed by atoms with E-state index in [0.717, 1.165) is 13.1 Å². The number of hydrogen-bond donors (Lipinski definition) is 1. The highest BCUT2D eigenvalue weighted by Gasteiger charge is 2.22. The van der Waals surface area contributed by atoms with Gasteiger partial charge in [0.15, 0.2) is 0 Å². The monoisotopic (exact) mass is 304 g/mol. The van der Waals surface area contributed by atoms with Gasteiger partial charge in [-0.15, -0.1) is 24.8 Å². The zero-order chi connectivity index (χ0) is 12.3. The minimum atomic E-state index is 0. The summed E-state index contributed by atoms with van der Waals surface area (Å²) in [5, 5.41) is 3.43. The van der Waals surface area contributed by atoms with Crippen LogP contribution in [0.15, 0.2) is 18.2 Å². The maximum atomic E-state index is 3.43. The molecule has 1 heterocycles. The fraction of sp³-hybridized carbons (Fsp3) is 0.600. The van der Waals surface area contributed by atoms with Crippen molar-refractivity contribution in [3.05, 3.63) is 34.9 Å². The van der Waals surface area contributed by atoms with Crippen molar-refractivity contribution in [2.24, 2.45) is 0 Å². The molecule has 0 spiro atoms. The maximum absolute atomic E-state index is 3.43. The van der Waals surface area contributed by atoms with Gasteiger partial charge in [-0.3, -0.25) is 4.90 Å². The summed E-state index contributed by atoms with van der Waals surface area (Å²) >= 11 is 0. The first kappa shape index (κ1) is 18.7. The Morgan fingerprint density at radius 1 is 1.11 bits per heavy atom. The molecule has 2 rings (SSSR count). The Kier molecular flexibility index (Phi) is 8.67. The quantitative estimate of drug-likeness (QED) is 0.919. The first-order valence-corrected chi connectivity index (χ1v) is 6.75. The summed E-state index contributed by atoms with van der Waals surface area (Å²) in [6.45, 7) is 11.4. The molecule has 2 nitrogen and oxygen atoms in total. The van der Waals surface area contributed by atoms with Gasteiger partial charge in [-0.1, -0.05) is 25.1 Å². The van der Waals surface area contributed by atoms with Crippen LogP contribution < -0.4 is 5.32 Å². The fourth-order valence-corrected chi connectivity index (χ4v) is 2.99. The number of benzene rings is 1. The summed E-state index contributed by atoms with van der Waals surface area (Å²) in [5.74, 6) is 0. The van der Waals surface area contributed by atoms with E-state index < -0.39 is 0 Å². The van der Waals surface area contributed by atoms with Crippen molar-refractivity contribution in [2.75, 3.05) is 26.2 Å². The average Bonchev–Trinajstić information content (AvgIpc) is 2.35. The molecule has 19 heavy (non-hydrogen) atoms. The number of halogens is 2. The third-order valence-corrected chi connectivity index (χ3v) is 3.85. The van der Waals surface area contributed by atoms with Crippen LogP contribution in [0.5, 0.6) is 0 Å². The summed E-state index contributed by atoms with van der Waals surface area (Å²) in [4.78, 5) is 2.63. The van der Waals surface area contributed by atoms with Gasteiger partial charge in [0.2, 0.25) is 0 Å². The van der Waals surface area contributed by atoms with E-state index in [-0.39, 0.29) is 24.8 Å². The number of hydrogen-bond acceptors (Lipinski definition) is 2. The lowest BCUT2D eigenvalue weighted by Crippen LogP contribution is -2.45. The summed E-state index contributed by atoms with van der Waals surface area (Å²) in [7, 11) is 0. The van der Waals surface area contributed by atoms with Gasteiger partial charge in [-0.2, -0.15) is 0 Å². The van der Waals surface area contributed by atoms with Crippen molar-refractivity contribution in [3.63, 3.8) is 0 Å². The molecule has 1 aromatic carbocycles. The predicted octanol–water partition coefficient (Wildman–Crippen LogP) is 3.50. The lowest BCUT2D eigenvalue weighted by Gasteiger charge is -2.36. The van der Waals surface area contributed by atoms with Gasteiger partial charge in [0.05, 0.1) is 0 Å². The van der Waals surface area contributed by atoms with E-state index in [4.69, 9.17) is 0 Å². The maximum Gasteiger partial charge on any atom is 0.0351 e. The highest BCUT2D eigenvalue weighted by molar-refractivity contribution is 5.85. The van der Waals surface area contributed by atoms with Crippen LogP contribution in [-0.2, 0) is 0 Å². The van der Waals surface area contributed by atoms with Crippen molar-refractivity contribution in [1.82, 2.24) is 10.2 Å². The third-order valence-electron chi connectivity index (χ3n) is 3.85. The van der Waals surface area contributed by atoms with Crippen LogP contribution >= 0.6 is 24.8 Å². The highest BCUT2D eigenvalue weighted by Crippen LogP contribution is 2.29. The Labute approximate surface area is 129 Å². The highest BCUT2D eigenvalue weighted by atomic mass is 35.5. The van der Waals surface area contributed by atoms with Crippen LogP contribution in [0.3, 0.4) is 0 Å². The number of nitrogens with one attached hydrogen (secondary N) is 1. The van der Waals surface area contributed by atoms with Gasteiger partial charge < -0.3 is 5.32 Å². The SMILES string of the molecule is CC[C@@H](c1c(C)cccc1C)N1CCNCC1.Cl.Cl. The van der Waals surface area contributed by atoms with Crippen molar-refractivity contribution >= 4 is 24.8 Å². The Bertz CT molecular complexity index is 356. The van der Waals surface area contributed by atoms with E-state index in [1.54, 1.807) is 5.56 Å². The van der Waals surface area contributed by atoms with E-state index in [2.05, 4.69) is 49.2 Å². The van der Waals surface area contributed by atoms with Crippen molar-refractivity contribution in [1.29, 1.82) is 0 Å². The third kappa shape index (κ3) is 4.35. The second-order valence-electron chi connectivity index (χ2n) is 5.02. The van der Waals surface area contributed by atoms with Crippen LogP contribution in [0.4, 0.5) is 0 Å². The van der Waals surface area contributed by atoms with Gasteiger partial charge in [0.25, 0.3) is 0 Å². The van der Waals surface area contributed by atoms with Crippen molar-refractivity contribution in [2.45, 2.75) is 33.2 Å². The van der Waals surface area contributed by atoms with E-state index in [1.165, 1.54) is 30.6 Å². The molecule has 1 fully saturated rings. The molecule has 0 aromatic heterocycles. The molecular formula is C15H26Cl2N2. The number of piperazine rings is 1. The topological polar surface area (TPSA) is 15.3 Å². The molecule has 0 aliphatic carbocycles. The standard InChI is InChI=1S/C15H24N2.2ClH/c1-4-14(17-10-8-16-9-11-17)15-12(2)6-5-7-13(15)3;;/h5-7,14,16H,4,8-11H2,1-3H3;2*1H/t14-;;/m0../s1. The fourth-order valence-electron chi connectivity index (χ4n) is 2.99. The minimum Gasteiger partial charge on any atom is -0.314 e. The van der Waals surface area contributed by atoms with E-state index in [9.17, 15) is 0 Å². The first-order valence-electron chi connectivity index (χ1n) is 6.75. The van der Waals surface area contributed by atoms with Gasteiger partial charge in [0, 0.05) is 32.2 Å². The smallest absolute Gasteiger partial charge is 0.0351 e. The van der Waals surface area contributed by atoms with Crippen LogP contribution in [0, 0.1) is 13.8 Å². The molecule has 4 heteroatoms. The molecule has 1 saturated heterocycles. The van der Waals surface area contributed by atoms with Crippen LogP contribution in [0.25, 0.3) is 0 Å². The minimum absolute atomic E-state index is 0. The number of nitrogens with zero attached hydrogens (tertiary/aromatic N) is 1. The molecular weight excluding hydrogens is 279 g/mol. The molecule has 1 N–H and O–H groups in total. The largest absolute Gasteiger partial charge is 0.314 e. The van der Waals surface area contributed by atoms with Gasteiger partial charge in [-0.05, 0) is 37.0 Å². The Morgan fingerprint density at radius 3 is 2.11 bits per heavy atom. The van der Waals surface area contributed by atoms with Crippen molar-refractivity contribution in [3.8, 4) is 0 Å². The second-order valence-corrected chi connectivity index (χ2v) is 5.02. The lowest BCUT2D eigenvalue weighted by molar-refractivity contribution is 0.168. The molecule has 1 aromatic rings. The molecule has 0 saturated carbocycles. The molecule has 1 aliphatic rings. The van der Waals surface area contributed by atoms with E-state index >= 15 is 0 Å². The zero-order valence-corrected chi connectivity index (χ0v) is 13.7. The molecule has 0 unspecified atom stereocenters. The summed E-state index contributed by atoms with van der Waals surface area (Å²) in [6, 6.07) is 7.25. The normalized spacial score (nSPS) is 17.2. The number of rotatable bonds is 3. The summed E-state index contributed by atoms with van der Waals surface area (Å²) in [5.41, 5.74) is 4.43. The zero-order valence-electron chi connectivity index (χ0n) is 12.1. The first-order chi connectivity index (χ1) is 8.24. The molecule has 0 radical (unpaired) electrons. The average molecular weight is 305 g/mol. The van der Waals surface area contributed by atoms with E-state index in [1.807, 2.05) is 0 Å².